The summed E-state index contributed by atoms with van der Waals surface area (Å²) in [5, 5.41) is 3.26. The minimum atomic E-state index is 0.000110. The van der Waals surface area contributed by atoms with Gasteiger partial charge in [0.25, 0.3) is 0 Å². The third-order valence-electron chi connectivity index (χ3n) is 4.08. The molecule has 0 aliphatic carbocycles. The minimum Gasteiger partial charge on any atom is -0.496 e. The van der Waals surface area contributed by atoms with Gasteiger partial charge in [0.1, 0.15) is 5.75 Å². The summed E-state index contributed by atoms with van der Waals surface area (Å²) >= 11 is 0. The number of para-hydroxylation sites is 1. The van der Waals surface area contributed by atoms with Crippen molar-refractivity contribution in [1.82, 2.24) is 10.2 Å². The van der Waals surface area contributed by atoms with Crippen molar-refractivity contribution in [2.45, 2.75) is 38.3 Å². The van der Waals surface area contributed by atoms with E-state index in [1.807, 2.05) is 30.1 Å². The molecular formula is C16H24N2O2. The topological polar surface area (TPSA) is 41.6 Å². The van der Waals surface area contributed by atoms with E-state index in [4.69, 9.17) is 4.74 Å². The summed E-state index contributed by atoms with van der Waals surface area (Å²) in [4.78, 5) is 14.2. The Bertz CT molecular complexity index is 456. The van der Waals surface area contributed by atoms with Crippen molar-refractivity contribution in [3.05, 3.63) is 29.8 Å². The van der Waals surface area contributed by atoms with E-state index in [0.717, 1.165) is 37.1 Å². The van der Waals surface area contributed by atoms with Gasteiger partial charge in [-0.15, -0.1) is 0 Å². The van der Waals surface area contributed by atoms with E-state index in [9.17, 15) is 4.79 Å². The van der Waals surface area contributed by atoms with Crippen molar-refractivity contribution < 1.29 is 9.53 Å². The van der Waals surface area contributed by atoms with Crippen LogP contribution in [0.1, 0.15) is 25.3 Å². The zero-order valence-corrected chi connectivity index (χ0v) is 12.6. The lowest BCUT2D eigenvalue weighted by Gasteiger charge is -2.28. The first-order valence-electron chi connectivity index (χ1n) is 7.25. The molecule has 4 nitrogen and oxygen atoms in total. The molecule has 0 saturated carbocycles. The number of ether oxygens (including phenoxy) is 1. The van der Waals surface area contributed by atoms with Crippen LogP contribution in [0, 0.1) is 0 Å². The molecule has 1 aromatic rings. The summed E-state index contributed by atoms with van der Waals surface area (Å²) in [5.74, 6) is 1.09. The molecule has 1 aliphatic heterocycles. The van der Waals surface area contributed by atoms with Gasteiger partial charge in [-0.05, 0) is 44.4 Å². The van der Waals surface area contributed by atoms with Crippen molar-refractivity contribution in [3.63, 3.8) is 0 Å². The zero-order chi connectivity index (χ0) is 14.5. The molecule has 110 valence electrons. The third kappa shape index (κ3) is 3.31. The Kier molecular flexibility index (Phi) is 5.01. The first-order chi connectivity index (χ1) is 9.63. The minimum absolute atomic E-state index is 0.000110. The fourth-order valence-corrected chi connectivity index (χ4v) is 2.69. The Hall–Kier alpha value is -1.55. The van der Waals surface area contributed by atoms with E-state index in [0.29, 0.717) is 0 Å². The fraction of sp³-hybridized carbons (Fsp3) is 0.562. The van der Waals surface area contributed by atoms with Crippen LogP contribution in [0.5, 0.6) is 5.75 Å². The Morgan fingerprint density at radius 2 is 2.25 bits per heavy atom. The van der Waals surface area contributed by atoms with E-state index in [1.165, 1.54) is 0 Å². The SMILES string of the molecule is COc1ccccc1CC(C)N(C)C(=O)[C@@H]1CCCN1. The monoisotopic (exact) mass is 276 g/mol. The van der Waals surface area contributed by atoms with Gasteiger partial charge in [-0.3, -0.25) is 4.79 Å². The Labute approximate surface area is 121 Å². The molecule has 1 saturated heterocycles. The Morgan fingerprint density at radius 3 is 2.90 bits per heavy atom. The molecule has 0 radical (unpaired) electrons. The quantitative estimate of drug-likeness (QED) is 0.892. The van der Waals surface area contributed by atoms with E-state index in [2.05, 4.69) is 18.3 Å². The molecule has 0 bridgehead atoms. The molecule has 4 heteroatoms. The molecule has 2 atom stereocenters. The van der Waals surface area contributed by atoms with E-state index < -0.39 is 0 Å². The highest BCUT2D eigenvalue weighted by Crippen LogP contribution is 2.20. The average molecular weight is 276 g/mol. The van der Waals surface area contributed by atoms with Crippen molar-refractivity contribution >= 4 is 5.91 Å². The highest BCUT2D eigenvalue weighted by Gasteiger charge is 2.27. The van der Waals surface area contributed by atoms with E-state index >= 15 is 0 Å². The van der Waals surface area contributed by atoms with Crippen molar-refractivity contribution in [2.24, 2.45) is 0 Å². The number of nitrogens with one attached hydrogen (secondary N) is 1. The van der Waals surface area contributed by atoms with Gasteiger partial charge in [0, 0.05) is 13.1 Å². The molecule has 20 heavy (non-hydrogen) atoms. The lowest BCUT2D eigenvalue weighted by molar-refractivity contribution is -0.133. The maximum atomic E-state index is 12.4. The predicted octanol–water partition coefficient (Wildman–Crippen LogP) is 1.84. The lowest BCUT2D eigenvalue weighted by Crippen LogP contribution is -2.46. The van der Waals surface area contributed by atoms with Crippen LogP contribution in [0.3, 0.4) is 0 Å². The largest absolute Gasteiger partial charge is 0.496 e. The first kappa shape index (κ1) is 14.9. The fourth-order valence-electron chi connectivity index (χ4n) is 2.69. The molecule has 1 unspecified atom stereocenters. The number of hydrogen-bond donors (Lipinski definition) is 1. The average Bonchev–Trinajstić information content (AvgIpc) is 3.00. The van der Waals surface area contributed by atoms with Crippen LogP contribution < -0.4 is 10.1 Å². The van der Waals surface area contributed by atoms with Gasteiger partial charge < -0.3 is 15.0 Å². The van der Waals surface area contributed by atoms with Crippen LogP contribution >= 0.6 is 0 Å². The third-order valence-corrected chi connectivity index (χ3v) is 4.08. The van der Waals surface area contributed by atoms with Gasteiger partial charge in [-0.2, -0.15) is 0 Å². The number of amides is 1. The predicted molar refractivity (Wildman–Crippen MR) is 80.0 cm³/mol. The number of carbonyl (C=O) groups excluding carboxylic acids is 1. The van der Waals surface area contributed by atoms with Crippen molar-refractivity contribution in [2.75, 3.05) is 20.7 Å². The first-order valence-corrected chi connectivity index (χ1v) is 7.25. The number of benzene rings is 1. The van der Waals surface area contributed by atoms with Gasteiger partial charge in [-0.25, -0.2) is 0 Å². The molecule has 1 aliphatic rings. The molecule has 1 heterocycles. The standard InChI is InChI=1S/C16H24N2O2/c1-12(11-13-7-4-5-9-15(13)20-3)18(2)16(19)14-8-6-10-17-14/h4-5,7,9,12,14,17H,6,8,10-11H2,1-3H3/t12?,14-/m0/s1. The molecule has 1 aromatic carbocycles. The van der Waals surface area contributed by atoms with Gasteiger partial charge in [0.2, 0.25) is 5.91 Å². The van der Waals surface area contributed by atoms with Crippen molar-refractivity contribution in [1.29, 1.82) is 0 Å². The number of hydrogen-bond acceptors (Lipinski definition) is 3. The van der Waals surface area contributed by atoms with Gasteiger partial charge in [0.15, 0.2) is 0 Å². The normalized spacial score (nSPS) is 19.6. The smallest absolute Gasteiger partial charge is 0.239 e. The van der Waals surface area contributed by atoms with Gasteiger partial charge in [-0.1, -0.05) is 18.2 Å². The number of carbonyl (C=O) groups is 1. The highest BCUT2D eigenvalue weighted by molar-refractivity contribution is 5.82. The second kappa shape index (κ2) is 6.75. The zero-order valence-electron chi connectivity index (χ0n) is 12.6. The summed E-state index contributed by atoms with van der Waals surface area (Å²) in [7, 11) is 3.57. The molecule has 1 fully saturated rings. The van der Waals surface area contributed by atoms with Crippen LogP contribution in [0.4, 0.5) is 0 Å². The highest BCUT2D eigenvalue weighted by atomic mass is 16.5. The van der Waals surface area contributed by atoms with E-state index in [1.54, 1.807) is 7.11 Å². The molecule has 0 aromatic heterocycles. The Balaban J connectivity index is 1.99. The maximum absolute atomic E-state index is 12.4. The summed E-state index contributed by atoms with van der Waals surface area (Å²) < 4.78 is 5.37. The molecule has 1 amide bonds. The second-order valence-corrected chi connectivity index (χ2v) is 5.46. The molecule has 2 rings (SSSR count). The number of methoxy groups -OCH3 is 1. The number of likely N-dealkylation sites (N-methyl/N-ethyl adjacent to an activating group) is 1. The maximum Gasteiger partial charge on any atom is 0.239 e. The van der Waals surface area contributed by atoms with Gasteiger partial charge in [0.05, 0.1) is 13.2 Å². The molecular weight excluding hydrogens is 252 g/mol. The number of nitrogens with zero attached hydrogens (tertiary/aromatic N) is 1. The second-order valence-electron chi connectivity index (χ2n) is 5.46. The summed E-state index contributed by atoms with van der Waals surface area (Å²) in [6, 6.07) is 8.14. The van der Waals surface area contributed by atoms with Crippen LogP contribution in [0.25, 0.3) is 0 Å². The van der Waals surface area contributed by atoms with Crippen molar-refractivity contribution in [3.8, 4) is 5.75 Å². The van der Waals surface area contributed by atoms with Crippen LogP contribution in [0.15, 0.2) is 24.3 Å². The van der Waals surface area contributed by atoms with E-state index in [-0.39, 0.29) is 18.0 Å². The summed E-state index contributed by atoms with van der Waals surface area (Å²) in [5.41, 5.74) is 1.14. The van der Waals surface area contributed by atoms with Gasteiger partial charge >= 0.3 is 0 Å². The Morgan fingerprint density at radius 1 is 1.50 bits per heavy atom. The molecule has 0 spiro atoms. The number of rotatable bonds is 5. The van der Waals surface area contributed by atoms with Crippen LogP contribution in [-0.2, 0) is 11.2 Å². The lowest BCUT2D eigenvalue weighted by atomic mass is 10.0. The molecule has 1 N–H and O–H groups in total. The van der Waals surface area contributed by atoms with Crippen LogP contribution in [-0.4, -0.2) is 43.6 Å². The summed E-state index contributed by atoms with van der Waals surface area (Å²) in [6.45, 7) is 3.03. The van der Waals surface area contributed by atoms with Crippen LogP contribution in [0.2, 0.25) is 0 Å². The summed E-state index contributed by atoms with van der Waals surface area (Å²) in [6.07, 6.45) is 2.84.